The Hall–Kier alpha value is -1.63. The first-order chi connectivity index (χ1) is 9.08. The third-order valence-corrected chi connectivity index (χ3v) is 3.65. The molecule has 3 amide bonds. The van der Waals surface area contributed by atoms with Gasteiger partial charge in [-0.2, -0.15) is 0 Å². The van der Waals surface area contributed by atoms with Gasteiger partial charge in [0.15, 0.2) is 6.04 Å². The molecule has 0 bridgehead atoms. The van der Waals surface area contributed by atoms with E-state index in [1.165, 1.54) is 6.92 Å². The van der Waals surface area contributed by atoms with Gasteiger partial charge >= 0.3 is 0 Å². The number of piperazine rings is 1. The zero-order valence-corrected chi connectivity index (χ0v) is 11.1. The molecule has 0 spiro atoms. The number of nitrogens with two attached hydrogens (primary N) is 1. The number of nitrogens with one attached hydrogen (secondary N) is 2. The SMILES string of the molecule is CC(=O)N1CC[NH2+][C@H](C(=O)N[C@H]2CCCNC2=O)C1. The number of piperidine rings is 1. The molecule has 2 heterocycles. The fourth-order valence-electron chi connectivity index (χ4n) is 2.50. The molecule has 2 fully saturated rings. The lowest BCUT2D eigenvalue weighted by Gasteiger charge is -2.31. The van der Waals surface area contributed by atoms with Crippen LogP contribution < -0.4 is 16.0 Å². The second-order valence-electron chi connectivity index (χ2n) is 5.09. The number of rotatable bonds is 2. The minimum atomic E-state index is -0.428. The van der Waals surface area contributed by atoms with Crippen molar-refractivity contribution in [3.05, 3.63) is 0 Å². The molecule has 2 atom stereocenters. The zero-order valence-electron chi connectivity index (χ0n) is 11.1. The highest BCUT2D eigenvalue weighted by atomic mass is 16.2. The largest absolute Gasteiger partial charge is 0.354 e. The van der Waals surface area contributed by atoms with Crippen LogP contribution in [0.5, 0.6) is 0 Å². The lowest BCUT2D eigenvalue weighted by molar-refractivity contribution is -0.684. The van der Waals surface area contributed by atoms with Crippen molar-refractivity contribution in [1.82, 2.24) is 15.5 Å². The lowest BCUT2D eigenvalue weighted by Crippen LogP contribution is -2.98. The molecule has 4 N–H and O–H groups in total. The topological polar surface area (TPSA) is 95.1 Å². The molecule has 0 aromatic heterocycles. The number of nitrogens with zero attached hydrogens (tertiary/aromatic N) is 1. The fourth-order valence-corrected chi connectivity index (χ4v) is 2.50. The van der Waals surface area contributed by atoms with Crippen LogP contribution in [0.25, 0.3) is 0 Å². The predicted molar refractivity (Wildman–Crippen MR) is 67.0 cm³/mol. The first-order valence-corrected chi connectivity index (χ1v) is 6.75. The van der Waals surface area contributed by atoms with Crippen molar-refractivity contribution in [2.45, 2.75) is 31.8 Å². The Bertz CT molecular complexity index is 385. The molecule has 7 heteroatoms. The minimum Gasteiger partial charge on any atom is -0.354 e. The van der Waals surface area contributed by atoms with Gasteiger partial charge in [-0.3, -0.25) is 14.4 Å². The number of carbonyl (C=O) groups is 3. The molecular weight excluding hydrogens is 248 g/mol. The summed E-state index contributed by atoms with van der Waals surface area (Å²) in [5.74, 6) is -0.284. The minimum absolute atomic E-state index is 0.0127. The van der Waals surface area contributed by atoms with E-state index in [0.717, 1.165) is 6.42 Å². The van der Waals surface area contributed by atoms with Crippen LogP contribution in [0.3, 0.4) is 0 Å². The Morgan fingerprint density at radius 3 is 2.95 bits per heavy atom. The molecule has 106 valence electrons. The van der Waals surface area contributed by atoms with Crippen molar-refractivity contribution in [2.75, 3.05) is 26.2 Å². The highest BCUT2D eigenvalue weighted by molar-refractivity contribution is 5.89. The number of quaternary nitrogens is 1. The molecule has 0 saturated carbocycles. The first kappa shape index (κ1) is 13.8. The zero-order chi connectivity index (χ0) is 13.8. The fraction of sp³-hybridized carbons (Fsp3) is 0.750. The molecule has 0 aliphatic carbocycles. The van der Waals surface area contributed by atoms with Gasteiger partial charge < -0.3 is 20.9 Å². The van der Waals surface area contributed by atoms with Gasteiger partial charge in [-0.1, -0.05) is 0 Å². The molecular formula is C12H21N4O3+. The Morgan fingerprint density at radius 1 is 1.47 bits per heavy atom. The van der Waals surface area contributed by atoms with Gasteiger partial charge in [-0.05, 0) is 12.8 Å². The van der Waals surface area contributed by atoms with E-state index in [0.29, 0.717) is 32.6 Å². The summed E-state index contributed by atoms with van der Waals surface area (Å²) in [6, 6.07) is -0.741. The third-order valence-electron chi connectivity index (χ3n) is 3.65. The van der Waals surface area contributed by atoms with E-state index in [1.54, 1.807) is 4.90 Å². The predicted octanol–water partition coefficient (Wildman–Crippen LogP) is -2.82. The van der Waals surface area contributed by atoms with Crippen LogP contribution in [0.15, 0.2) is 0 Å². The molecule has 2 saturated heterocycles. The van der Waals surface area contributed by atoms with Crippen molar-refractivity contribution in [3.8, 4) is 0 Å². The van der Waals surface area contributed by atoms with Gasteiger partial charge in [-0.25, -0.2) is 0 Å². The Labute approximate surface area is 112 Å². The maximum atomic E-state index is 12.1. The van der Waals surface area contributed by atoms with Crippen LogP contribution in [0.1, 0.15) is 19.8 Å². The third kappa shape index (κ3) is 3.44. The van der Waals surface area contributed by atoms with Crippen LogP contribution in [0.4, 0.5) is 0 Å². The molecule has 2 rings (SSSR count). The van der Waals surface area contributed by atoms with E-state index in [9.17, 15) is 14.4 Å². The molecule has 0 aromatic rings. The average Bonchev–Trinajstić information content (AvgIpc) is 2.41. The Balaban J connectivity index is 1.88. The first-order valence-electron chi connectivity index (χ1n) is 6.75. The van der Waals surface area contributed by atoms with Crippen LogP contribution in [-0.4, -0.2) is 60.9 Å². The second kappa shape index (κ2) is 6.01. The normalized spacial score (nSPS) is 27.6. The Kier molecular flexibility index (Phi) is 4.36. The van der Waals surface area contributed by atoms with Gasteiger partial charge in [0.25, 0.3) is 5.91 Å². The number of hydrogen-bond donors (Lipinski definition) is 3. The smallest absolute Gasteiger partial charge is 0.280 e. The summed E-state index contributed by atoms with van der Waals surface area (Å²) in [7, 11) is 0. The number of carbonyl (C=O) groups excluding carboxylic acids is 3. The van der Waals surface area contributed by atoms with E-state index < -0.39 is 6.04 Å². The van der Waals surface area contributed by atoms with Crippen LogP contribution in [0.2, 0.25) is 0 Å². The van der Waals surface area contributed by atoms with Crippen molar-refractivity contribution in [3.63, 3.8) is 0 Å². The summed E-state index contributed by atoms with van der Waals surface area (Å²) < 4.78 is 0. The van der Waals surface area contributed by atoms with Crippen molar-refractivity contribution < 1.29 is 19.7 Å². The van der Waals surface area contributed by atoms with Crippen LogP contribution in [0, 0.1) is 0 Å². The van der Waals surface area contributed by atoms with Crippen molar-refractivity contribution in [2.24, 2.45) is 0 Å². The maximum absolute atomic E-state index is 12.1. The van der Waals surface area contributed by atoms with Gasteiger partial charge in [0, 0.05) is 13.5 Å². The quantitative estimate of drug-likeness (QED) is 0.504. The molecule has 2 aliphatic heterocycles. The molecule has 2 aliphatic rings. The van der Waals surface area contributed by atoms with E-state index in [2.05, 4.69) is 10.6 Å². The summed E-state index contributed by atoms with van der Waals surface area (Å²) in [6.45, 7) is 3.99. The van der Waals surface area contributed by atoms with E-state index >= 15 is 0 Å². The number of amides is 3. The molecule has 0 unspecified atom stereocenters. The lowest BCUT2D eigenvalue weighted by atomic mass is 10.1. The van der Waals surface area contributed by atoms with E-state index in [1.807, 2.05) is 5.32 Å². The van der Waals surface area contributed by atoms with E-state index in [4.69, 9.17) is 0 Å². The van der Waals surface area contributed by atoms with Crippen molar-refractivity contribution in [1.29, 1.82) is 0 Å². The highest BCUT2D eigenvalue weighted by Gasteiger charge is 2.33. The van der Waals surface area contributed by atoms with Gasteiger partial charge in [0.1, 0.15) is 6.04 Å². The van der Waals surface area contributed by atoms with Gasteiger partial charge in [0.05, 0.1) is 19.6 Å². The molecule has 7 nitrogen and oxygen atoms in total. The van der Waals surface area contributed by atoms with Gasteiger partial charge in [-0.15, -0.1) is 0 Å². The second-order valence-corrected chi connectivity index (χ2v) is 5.09. The standard InChI is InChI=1S/C12H20N4O3/c1-8(17)16-6-5-13-10(7-16)12(19)15-9-3-2-4-14-11(9)18/h9-10,13H,2-7H2,1H3,(H,14,18)(H,15,19)/p+1/t9-,10-/m0/s1. The summed E-state index contributed by atoms with van der Waals surface area (Å²) >= 11 is 0. The molecule has 0 aromatic carbocycles. The maximum Gasteiger partial charge on any atom is 0.280 e. The summed E-state index contributed by atoms with van der Waals surface area (Å²) in [6.07, 6.45) is 1.56. The monoisotopic (exact) mass is 269 g/mol. The van der Waals surface area contributed by atoms with Crippen LogP contribution >= 0.6 is 0 Å². The highest BCUT2D eigenvalue weighted by Crippen LogP contribution is 2.03. The molecule has 0 radical (unpaired) electrons. The van der Waals surface area contributed by atoms with Crippen LogP contribution in [-0.2, 0) is 14.4 Å². The van der Waals surface area contributed by atoms with Crippen molar-refractivity contribution >= 4 is 17.7 Å². The van der Waals surface area contributed by atoms with Gasteiger partial charge in [0.2, 0.25) is 11.8 Å². The molecule has 19 heavy (non-hydrogen) atoms. The summed E-state index contributed by atoms with van der Waals surface area (Å²) in [5.41, 5.74) is 0. The van der Waals surface area contributed by atoms with E-state index in [-0.39, 0.29) is 23.8 Å². The average molecular weight is 269 g/mol. The number of hydrogen-bond acceptors (Lipinski definition) is 3. The summed E-state index contributed by atoms with van der Waals surface area (Å²) in [4.78, 5) is 36.7. The Morgan fingerprint density at radius 2 is 2.26 bits per heavy atom. The summed E-state index contributed by atoms with van der Waals surface area (Å²) in [5, 5.41) is 7.44.